The summed E-state index contributed by atoms with van der Waals surface area (Å²) in [7, 11) is 0.938. The summed E-state index contributed by atoms with van der Waals surface area (Å²) < 4.78 is 25.3. The Morgan fingerprint density at radius 3 is 2.44 bits per heavy atom. The van der Waals surface area contributed by atoms with Gasteiger partial charge in [-0.1, -0.05) is 18.2 Å². The zero-order valence-corrected chi connectivity index (χ0v) is 11.4. The smallest absolute Gasteiger partial charge is 0.314 e. The van der Waals surface area contributed by atoms with E-state index in [1.165, 1.54) is 27.2 Å². The van der Waals surface area contributed by atoms with Crippen molar-refractivity contribution in [2.75, 3.05) is 21.1 Å². The summed E-state index contributed by atoms with van der Waals surface area (Å²) in [5.41, 5.74) is 0.551. The number of amides is 2. The van der Waals surface area contributed by atoms with Crippen molar-refractivity contribution in [1.29, 1.82) is 0 Å². The van der Waals surface area contributed by atoms with Gasteiger partial charge >= 0.3 is 6.03 Å². The maximum atomic E-state index is 12.1. The fourth-order valence-corrected chi connectivity index (χ4v) is 2.48. The maximum absolute atomic E-state index is 12.1. The molecule has 0 radical (unpaired) electrons. The zero-order chi connectivity index (χ0) is 13.8. The summed E-state index contributed by atoms with van der Waals surface area (Å²) in [5.74, 6) is 0. The SMILES string of the molecule is CNC(=O)NCc1ccccc1S(=O)(=O)N(C)C. The molecule has 0 fully saturated rings. The van der Waals surface area contributed by atoms with E-state index < -0.39 is 10.0 Å². The molecule has 2 N–H and O–H groups in total. The molecule has 1 rings (SSSR count). The molecular weight excluding hydrogens is 254 g/mol. The van der Waals surface area contributed by atoms with Crippen LogP contribution in [0.3, 0.4) is 0 Å². The van der Waals surface area contributed by atoms with Crippen LogP contribution in [0.25, 0.3) is 0 Å². The molecule has 0 saturated carbocycles. The van der Waals surface area contributed by atoms with Gasteiger partial charge in [0.1, 0.15) is 0 Å². The van der Waals surface area contributed by atoms with Crippen LogP contribution in [0.4, 0.5) is 4.79 Å². The van der Waals surface area contributed by atoms with Crippen molar-refractivity contribution in [2.24, 2.45) is 0 Å². The minimum absolute atomic E-state index is 0.156. The highest BCUT2D eigenvalue weighted by molar-refractivity contribution is 7.89. The fraction of sp³-hybridized carbons (Fsp3) is 0.364. The van der Waals surface area contributed by atoms with Gasteiger partial charge < -0.3 is 10.6 Å². The number of urea groups is 1. The van der Waals surface area contributed by atoms with Crippen molar-refractivity contribution in [3.05, 3.63) is 29.8 Å². The Balaban J connectivity index is 3.04. The van der Waals surface area contributed by atoms with Crippen molar-refractivity contribution in [3.8, 4) is 0 Å². The van der Waals surface area contributed by atoms with Gasteiger partial charge in [0.15, 0.2) is 0 Å². The summed E-state index contributed by atoms with van der Waals surface area (Å²) in [6, 6.07) is 6.23. The number of nitrogens with zero attached hydrogens (tertiary/aromatic N) is 1. The van der Waals surface area contributed by atoms with E-state index in [0.717, 1.165) is 4.31 Å². The molecule has 2 amide bonds. The van der Waals surface area contributed by atoms with Gasteiger partial charge in [-0.25, -0.2) is 17.5 Å². The lowest BCUT2D eigenvalue weighted by Gasteiger charge is -2.15. The van der Waals surface area contributed by atoms with E-state index in [1.54, 1.807) is 18.2 Å². The number of carbonyl (C=O) groups is 1. The highest BCUT2D eigenvalue weighted by Crippen LogP contribution is 2.18. The number of benzene rings is 1. The van der Waals surface area contributed by atoms with Crippen LogP contribution in [0.1, 0.15) is 5.56 Å². The van der Waals surface area contributed by atoms with E-state index >= 15 is 0 Å². The molecule has 0 saturated heterocycles. The van der Waals surface area contributed by atoms with Gasteiger partial charge in [-0.3, -0.25) is 0 Å². The summed E-state index contributed by atoms with van der Waals surface area (Å²) in [4.78, 5) is 11.3. The molecule has 0 aliphatic carbocycles. The maximum Gasteiger partial charge on any atom is 0.314 e. The second-order valence-corrected chi connectivity index (χ2v) is 5.95. The first-order valence-corrected chi connectivity index (χ1v) is 6.79. The molecule has 0 aliphatic rings. The summed E-state index contributed by atoms with van der Waals surface area (Å²) in [6.07, 6.45) is 0. The quantitative estimate of drug-likeness (QED) is 0.830. The largest absolute Gasteiger partial charge is 0.341 e. The van der Waals surface area contributed by atoms with Gasteiger partial charge in [-0.2, -0.15) is 0 Å². The van der Waals surface area contributed by atoms with Crippen LogP contribution in [0, 0.1) is 0 Å². The van der Waals surface area contributed by atoms with Crippen molar-refractivity contribution in [3.63, 3.8) is 0 Å². The number of hydrogen-bond acceptors (Lipinski definition) is 3. The predicted octanol–water partition coefficient (Wildman–Crippen LogP) is 0.366. The van der Waals surface area contributed by atoms with E-state index in [-0.39, 0.29) is 17.5 Å². The number of nitrogens with one attached hydrogen (secondary N) is 2. The van der Waals surface area contributed by atoms with Crippen molar-refractivity contribution < 1.29 is 13.2 Å². The summed E-state index contributed by atoms with van der Waals surface area (Å²) >= 11 is 0. The summed E-state index contributed by atoms with van der Waals surface area (Å²) in [6.45, 7) is 0.156. The van der Waals surface area contributed by atoms with Crippen LogP contribution >= 0.6 is 0 Å². The number of sulfonamides is 1. The topological polar surface area (TPSA) is 78.5 Å². The highest BCUT2D eigenvalue weighted by atomic mass is 32.2. The molecule has 0 aromatic heterocycles. The minimum atomic E-state index is -3.50. The van der Waals surface area contributed by atoms with E-state index in [4.69, 9.17) is 0 Å². The third-order valence-corrected chi connectivity index (χ3v) is 4.31. The van der Waals surface area contributed by atoms with Gasteiger partial charge in [0.25, 0.3) is 0 Å². The molecule has 0 unspecified atom stereocenters. The molecule has 0 heterocycles. The average molecular weight is 271 g/mol. The molecule has 18 heavy (non-hydrogen) atoms. The van der Waals surface area contributed by atoms with Crippen molar-refractivity contribution in [2.45, 2.75) is 11.4 Å². The monoisotopic (exact) mass is 271 g/mol. The average Bonchev–Trinajstić information content (AvgIpc) is 2.35. The van der Waals surface area contributed by atoms with E-state index in [2.05, 4.69) is 10.6 Å². The molecule has 100 valence electrons. The molecule has 0 atom stereocenters. The Labute approximate surface area is 107 Å². The number of hydrogen-bond donors (Lipinski definition) is 2. The van der Waals surface area contributed by atoms with Gasteiger partial charge in [0.05, 0.1) is 4.90 Å². The first-order chi connectivity index (χ1) is 8.39. The first kappa shape index (κ1) is 14.5. The molecule has 1 aromatic rings. The number of carbonyl (C=O) groups excluding carboxylic acids is 1. The molecule has 0 aliphatic heterocycles. The molecule has 1 aromatic carbocycles. The predicted molar refractivity (Wildman–Crippen MR) is 68.6 cm³/mol. The van der Waals surface area contributed by atoms with Crippen molar-refractivity contribution >= 4 is 16.1 Å². The van der Waals surface area contributed by atoms with E-state index in [1.807, 2.05) is 0 Å². The molecule has 0 spiro atoms. The van der Waals surface area contributed by atoms with Gasteiger partial charge in [-0.05, 0) is 11.6 Å². The Kier molecular flexibility index (Phi) is 4.69. The van der Waals surface area contributed by atoms with E-state index in [0.29, 0.717) is 5.56 Å². The lowest BCUT2D eigenvalue weighted by Crippen LogP contribution is -2.33. The first-order valence-electron chi connectivity index (χ1n) is 5.35. The molecule has 6 nitrogen and oxygen atoms in total. The normalized spacial score (nSPS) is 11.3. The standard InChI is InChI=1S/C11H17N3O3S/c1-12-11(15)13-8-9-6-4-5-7-10(9)18(16,17)14(2)3/h4-7H,8H2,1-3H3,(H2,12,13,15). The van der Waals surface area contributed by atoms with Crippen LogP contribution in [0.2, 0.25) is 0 Å². The second-order valence-electron chi connectivity index (χ2n) is 3.83. The molecule has 0 bridgehead atoms. The third kappa shape index (κ3) is 3.21. The lowest BCUT2D eigenvalue weighted by atomic mass is 10.2. The summed E-state index contributed by atoms with van der Waals surface area (Å²) in [5, 5.41) is 4.97. The van der Waals surface area contributed by atoms with Gasteiger partial charge in [0.2, 0.25) is 10.0 Å². The van der Waals surface area contributed by atoms with Crippen LogP contribution < -0.4 is 10.6 Å². The Bertz CT molecular complexity index is 526. The third-order valence-electron chi connectivity index (χ3n) is 2.40. The molecular formula is C11H17N3O3S. The van der Waals surface area contributed by atoms with Crippen LogP contribution in [-0.4, -0.2) is 39.9 Å². The molecule has 7 heteroatoms. The Morgan fingerprint density at radius 2 is 1.89 bits per heavy atom. The zero-order valence-electron chi connectivity index (χ0n) is 10.6. The highest BCUT2D eigenvalue weighted by Gasteiger charge is 2.20. The Hall–Kier alpha value is -1.60. The van der Waals surface area contributed by atoms with Gasteiger partial charge in [-0.15, -0.1) is 0 Å². The van der Waals surface area contributed by atoms with Gasteiger partial charge in [0, 0.05) is 27.7 Å². The second kappa shape index (κ2) is 5.83. The number of rotatable bonds is 4. The fourth-order valence-electron chi connectivity index (χ4n) is 1.36. The van der Waals surface area contributed by atoms with Crippen LogP contribution in [0.5, 0.6) is 0 Å². The minimum Gasteiger partial charge on any atom is -0.341 e. The van der Waals surface area contributed by atoms with Crippen molar-refractivity contribution in [1.82, 2.24) is 14.9 Å². The van der Waals surface area contributed by atoms with Crippen LogP contribution in [0.15, 0.2) is 29.2 Å². The Morgan fingerprint density at radius 1 is 1.28 bits per heavy atom. The lowest BCUT2D eigenvalue weighted by molar-refractivity contribution is 0.242. The van der Waals surface area contributed by atoms with Crippen LogP contribution in [-0.2, 0) is 16.6 Å². The van der Waals surface area contributed by atoms with E-state index in [9.17, 15) is 13.2 Å².